The third-order valence-electron chi connectivity index (χ3n) is 21.2. The molecule has 4 aliphatic rings. The molecule has 8 rings (SSSR count). The number of nitrogens with zero attached hydrogens (tertiary/aromatic N) is 2. The van der Waals surface area contributed by atoms with Gasteiger partial charge in [-0.1, -0.05) is 133 Å². The van der Waals surface area contributed by atoms with Crippen LogP contribution in [0.25, 0.3) is 0 Å². The fraction of sp³-hybridized carbons (Fsp3) is 0.506. The lowest BCUT2D eigenvalue weighted by atomic mass is 9.42. The predicted molar refractivity (Wildman–Crippen MR) is 398 cm³/mol. The Morgan fingerprint density at radius 2 is 1.35 bits per heavy atom. The molecule has 2 saturated carbocycles. The van der Waals surface area contributed by atoms with Crippen molar-refractivity contribution in [1.29, 1.82) is 0 Å². The van der Waals surface area contributed by atoms with E-state index in [0.717, 1.165) is 30.5 Å². The molecule has 109 heavy (non-hydrogen) atoms. The number of Topliss-reactive ketones (excluding diaryl/α,β-unsaturated/α-hetero) is 3. The number of primary amides is 1. The number of carbonyl (C=O) groups excluding carboxylic acids is 13. The number of ketones is 3. The van der Waals surface area contributed by atoms with Gasteiger partial charge in [0.05, 0.1) is 35.2 Å². The highest BCUT2D eigenvalue weighted by atomic mass is 32.2. The number of esters is 3. The Morgan fingerprint density at radius 3 is 1.92 bits per heavy atom. The van der Waals surface area contributed by atoms with Crippen molar-refractivity contribution < 1.29 is 101 Å². The quantitative estimate of drug-likeness (QED) is 0.00827. The molecule has 13 atom stereocenters. The van der Waals surface area contributed by atoms with Crippen LogP contribution in [0.2, 0.25) is 0 Å². The number of fused-ring (bicyclic) bond motifs is 5. The van der Waals surface area contributed by atoms with Crippen LogP contribution in [-0.2, 0) is 73.4 Å². The number of aliphatic hydroxyl groups excluding tert-OH is 1. The van der Waals surface area contributed by atoms with E-state index in [0.29, 0.717) is 11.3 Å². The largest absolute Gasteiger partial charge is 0.455 e. The Morgan fingerprint density at radius 1 is 0.743 bits per heavy atom. The second-order valence-corrected chi connectivity index (χ2v) is 30.6. The predicted octanol–water partition coefficient (Wildman–Crippen LogP) is 6.71. The Kier molecular flexibility index (Phi) is 28.3. The van der Waals surface area contributed by atoms with Gasteiger partial charge in [-0.3, -0.25) is 43.2 Å². The lowest BCUT2D eigenvalue weighted by molar-refractivity contribution is -0.339. The number of aliphatic hydroxyl groups is 2. The zero-order chi connectivity index (χ0) is 80.0. The molecular formula is C79H100N8O21S. The van der Waals surface area contributed by atoms with E-state index in [2.05, 4.69) is 26.6 Å². The number of nitrogens with one attached hydrogen (secondary N) is 5. The monoisotopic (exact) mass is 1530 g/mol. The highest BCUT2D eigenvalue weighted by Gasteiger charge is 2.77. The summed E-state index contributed by atoms with van der Waals surface area (Å²) >= 11 is 1.12. The summed E-state index contributed by atoms with van der Waals surface area (Å²) in [6, 6.07) is 25.9. The summed E-state index contributed by atoms with van der Waals surface area (Å²) in [7, 11) is 2.73. The minimum absolute atomic E-state index is 0.0230. The third-order valence-corrected chi connectivity index (χ3v) is 22.1. The maximum Gasteiger partial charge on any atom is 0.410 e. The first-order chi connectivity index (χ1) is 51.4. The molecule has 588 valence electrons. The standard InChI is InChI=1S/C79H100N8O21S/c1-44(2)57(91)41-109-42-61(93)84-63(45(3)4)71(97)83-55(29-22-34-81-73(80)99)70(96)82-53-32-30-49(31-33-53)40-103-74(100)86(11)35-36-87(12)75(101)107-66(64(51-25-18-14-19-26-51)85-69(95)52-27-20-15-21-28-52)72(98)106-58-39-79(102)54(37-56(90)50-23-16-13-17-24-50)67-77(10,59(92)38-60-78(67,43-104-60)108-48(7)89)68(94)65(105-47(6)88)62(46(58)5)76(79,8)9/h13-21,23-28,30-33,44-45,54-55,58-60,63-67,92,102H,22,29,34-43H2,1-12H3,(H,82,96)(H,83,97)(H,84,93)(H,85,95)(H3,80,81,99)/t54-,55-,58-,59-,60+,63-,64-,65+,66+,67-,77+,78-,79+/m0/s1. The van der Waals surface area contributed by atoms with Crippen molar-refractivity contribution in [2.75, 3.05) is 57.2 Å². The van der Waals surface area contributed by atoms with Gasteiger partial charge in [-0.2, -0.15) is 0 Å². The summed E-state index contributed by atoms with van der Waals surface area (Å²) in [5, 5.41) is 40.2. The number of carbonyl (C=O) groups is 13. The summed E-state index contributed by atoms with van der Waals surface area (Å²) in [6.45, 7) is 14.4. The molecule has 4 aromatic rings. The van der Waals surface area contributed by atoms with E-state index in [9.17, 15) is 63.0 Å². The number of likely N-dealkylation sites (N-methyl/N-ethyl adjacent to an activating group) is 2. The molecule has 1 heterocycles. The Labute approximate surface area is 637 Å². The van der Waals surface area contributed by atoms with E-state index < -0.39 is 173 Å². The van der Waals surface area contributed by atoms with Gasteiger partial charge >= 0.3 is 36.1 Å². The first-order valence-corrected chi connectivity index (χ1v) is 37.4. The Bertz CT molecular complexity index is 4050. The first kappa shape index (κ1) is 84.6. The van der Waals surface area contributed by atoms with Gasteiger partial charge in [0, 0.05) is 107 Å². The van der Waals surface area contributed by atoms with Crippen molar-refractivity contribution in [3.8, 4) is 0 Å². The van der Waals surface area contributed by atoms with E-state index in [1.165, 1.54) is 57.1 Å². The van der Waals surface area contributed by atoms with Gasteiger partial charge in [-0.05, 0) is 79.1 Å². The molecule has 0 radical (unpaired) electrons. The van der Waals surface area contributed by atoms with Gasteiger partial charge < -0.3 is 80.8 Å². The van der Waals surface area contributed by atoms with Gasteiger partial charge in [0.2, 0.25) is 23.8 Å². The number of thioether (sulfide) groups is 1. The fourth-order valence-electron chi connectivity index (χ4n) is 15.0. The van der Waals surface area contributed by atoms with Crippen LogP contribution in [-0.4, -0.2) is 203 Å². The van der Waals surface area contributed by atoms with Crippen LogP contribution >= 0.6 is 11.8 Å². The number of nitrogens with two attached hydrogens (primary N) is 1. The number of urea groups is 1. The van der Waals surface area contributed by atoms with Crippen molar-refractivity contribution in [3.05, 3.63) is 149 Å². The molecule has 0 unspecified atom stereocenters. The van der Waals surface area contributed by atoms with Crippen LogP contribution in [0.1, 0.15) is 139 Å². The van der Waals surface area contributed by atoms with Crippen molar-refractivity contribution in [3.63, 3.8) is 0 Å². The van der Waals surface area contributed by atoms with Crippen LogP contribution in [0, 0.1) is 34.5 Å². The summed E-state index contributed by atoms with van der Waals surface area (Å²) < 4.78 is 36.7. The Balaban J connectivity index is 1.02. The lowest BCUT2D eigenvalue weighted by Crippen LogP contribution is -2.80. The molecule has 0 spiro atoms. The van der Waals surface area contributed by atoms with E-state index >= 15 is 9.59 Å². The molecule has 8 amide bonds. The van der Waals surface area contributed by atoms with Crippen LogP contribution in [0.15, 0.2) is 126 Å². The van der Waals surface area contributed by atoms with E-state index in [1.807, 2.05) is 0 Å². The molecule has 4 aromatic carbocycles. The number of anilines is 1. The van der Waals surface area contributed by atoms with E-state index in [1.54, 1.807) is 133 Å². The second-order valence-electron chi connectivity index (χ2n) is 29.6. The average molecular weight is 1530 g/mol. The summed E-state index contributed by atoms with van der Waals surface area (Å²) in [4.78, 5) is 182. The van der Waals surface area contributed by atoms with Crippen LogP contribution in [0.4, 0.5) is 20.1 Å². The molecule has 9 N–H and O–H groups in total. The van der Waals surface area contributed by atoms with E-state index in [4.69, 9.17) is 34.2 Å². The van der Waals surface area contributed by atoms with Crippen molar-refractivity contribution in [1.82, 2.24) is 31.1 Å². The molecule has 3 fully saturated rings. The molecular weight excluding hydrogens is 1430 g/mol. The van der Waals surface area contributed by atoms with Gasteiger partial charge in [0.25, 0.3) is 5.91 Å². The number of ether oxygens (including phenoxy) is 6. The molecule has 3 aliphatic carbocycles. The van der Waals surface area contributed by atoms with Crippen molar-refractivity contribution in [2.24, 2.45) is 40.2 Å². The molecule has 1 saturated heterocycles. The van der Waals surface area contributed by atoms with Gasteiger partial charge in [-0.25, -0.2) is 19.2 Å². The first-order valence-electron chi connectivity index (χ1n) is 36.2. The van der Waals surface area contributed by atoms with Crippen LogP contribution in [0.3, 0.4) is 0 Å². The summed E-state index contributed by atoms with van der Waals surface area (Å²) in [6.07, 6.45) is -11.3. The normalized spacial score (nSPS) is 23.5. The van der Waals surface area contributed by atoms with Crippen LogP contribution in [0.5, 0.6) is 0 Å². The number of amides is 8. The third kappa shape index (κ3) is 19.7. The Hall–Kier alpha value is -10.0. The van der Waals surface area contributed by atoms with Gasteiger partial charge in [-0.15, -0.1) is 11.8 Å². The minimum atomic E-state index is -2.35. The zero-order valence-corrected chi connectivity index (χ0v) is 64.2. The lowest BCUT2D eigenvalue weighted by Gasteiger charge is -2.68. The average Bonchev–Trinajstić information content (AvgIpc) is 0.668. The van der Waals surface area contributed by atoms with Gasteiger partial charge in [0.1, 0.15) is 42.7 Å². The maximum atomic E-state index is 16.0. The number of hydrogen-bond donors (Lipinski definition) is 8. The number of rotatable bonds is 32. The zero-order valence-electron chi connectivity index (χ0n) is 63.4. The highest BCUT2D eigenvalue weighted by molar-refractivity contribution is 8.00. The fourth-order valence-corrected chi connectivity index (χ4v) is 15.9. The topological polar surface area (TPSA) is 410 Å². The number of benzene rings is 4. The molecule has 0 aromatic heterocycles. The summed E-state index contributed by atoms with van der Waals surface area (Å²) in [5.74, 6) is -10.4. The maximum absolute atomic E-state index is 16.0. The van der Waals surface area contributed by atoms with Crippen molar-refractivity contribution >= 4 is 94.6 Å². The molecule has 29 nitrogen and oxygen atoms in total. The molecule has 1 aliphatic heterocycles. The molecule has 30 heteroatoms. The molecule has 2 bridgehead atoms. The van der Waals surface area contributed by atoms with Crippen LogP contribution < -0.4 is 32.3 Å². The number of hydrogen-bond acceptors (Lipinski definition) is 22. The highest BCUT2D eigenvalue weighted by Crippen LogP contribution is 2.66. The summed E-state index contributed by atoms with van der Waals surface area (Å²) in [5.41, 5.74) is -1.15. The minimum Gasteiger partial charge on any atom is -0.455 e. The smallest absolute Gasteiger partial charge is 0.410 e. The van der Waals surface area contributed by atoms with Crippen molar-refractivity contribution in [2.45, 2.75) is 168 Å². The SMILES string of the molecule is CC(=O)O[C@H]1C(=O)[C@@]2(C)[C@H]([C@H](CC(=O)c3ccccc3)[C@]3(O)C[C@H](OC(=O)[C@H](OC(=O)N(C)CCN(C)C(=O)OCc4ccc(NC(=O)[C@H](CCCNC(N)=O)NC(=O)[C@@H](NC(=O)CSCC(=O)C(C)C)C(C)C)cc4)[C@@H](NC(=O)c4ccccc4)c4ccccc4)C(C)=C1C3(C)C)[C@]1(OC(C)=O)CO[C@@H]1C[C@@H]2O. The second kappa shape index (κ2) is 36.4. The van der Waals surface area contributed by atoms with Gasteiger partial charge in [0.15, 0.2) is 23.3 Å². The van der Waals surface area contributed by atoms with E-state index in [-0.39, 0.29) is 103 Å².